The van der Waals surface area contributed by atoms with Crippen molar-refractivity contribution >= 4 is 40.8 Å². The highest BCUT2D eigenvalue weighted by Crippen LogP contribution is 2.22. The molecule has 0 aliphatic heterocycles. The van der Waals surface area contributed by atoms with Crippen LogP contribution < -0.4 is 10.6 Å². The van der Waals surface area contributed by atoms with Gasteiger partial charge in [0.25, 0.3) is 0 Å². The third kappa shape index (κ3) is 3.91. The Kier molecular flexibility index (Phi) is 4.92. The van der Waals surface area contributed by atoms with E-state index >= 15 is 0 Å². The lowest BCUT2D eigenvalue weighted by Gasteiger charge is -2.08. The molecule has 0 radical (unpaired) electrons. The summed E-state index contributed by atoms with van der Waals surface area (Å²) in [5.74, 6) is 0.144. The molecule has 0 saturated heterocycles. The molecule has 0 spiro atoms. The molecular formula is C12H12Cl2FN5. The monoisotopic (exact) mass is 315 g/mol. The first-order valence-corrected chi connectivity index (χ1v) is 6.71. The lowest BCUT2D eigenvalue weighted by Crippen LogP contribution is -2.07. The third-order valence-electron chi connectivity index (χ3n) is 2.32. The van der Waals surface area contributed by atoms with Gasteiger partial charge < -0.3 is 10.6 Å². The molecule has 0 aliphatic carbocycles. The Morgan fingerprint density at radius 2 is 1.90 bits per heavy atom. The van der Waals surface area contributed by atoms with E-state index in [-0.39, 0.29) is 16.3 Å². The Balaban J connectivity index is 2.19. The van der Waals surface area contributed by atoms with E-state index in [9.17, 15) is 4.39 Å². The lowest BCUT2D eigenvalue weighted by atomic mass is 10.3. The number of benzene rings is 1. The fraction of sp³-hybridized carbons (Fsp3) is 0.250. The molecule has 2 rings (SSSR count). The number of anilines is 3. The Hall–Kier alpha value is -1.66. The summed E-state index contributed by atoms with van der Waals surface area (Å²) in [4.78, 5) is 12.0. The molecule has 0 atom stereocenters. The molecule has 0 unspecified atom stereocenters. The molecule has 2 aromatic rings. The minimum atomic E-state index is -0.490. The van der Waals surface area contributed by atoms with Crippen molar-refractivity contribution < 1.29 is 4.39 Å². The van der Waals surface area contributed by atoms with Crippen LogP contribution in [0.3, 0.4) is 0 Å². The first-order chi connectivity index (χ1) is 9.58. The van der Waals surface area contributed by atoms with E-state index in [1.54, 1.807) is 0 Å². The Morgan fingerprint density at radius 3 is 2.60 bits per heavy atom. The highest BCUT2D eigenvalue weighted by molar-refractivity contribution is 6.31. The van der Waals surface area contributed by atoms with E-state index in [4.69, 9.17) is 23.2 Å². The second-order valence-corrected chi connectivity index (χ2v) is 4.68. The van der Waals surface area contributed by atoms with Crippen LogP contribution in [0.4, 0.5) is 22.0 Å². The predicted molar refractivity (Wildman–Crippen MR) is 78.3 cm³/mol. The van der Waals surface area contributed by atoms with Crippen LogP contribution in [-0.4, -0.2) is 21.5 Å². The van der Waals surface area contributed by atoms with Gasteiger partial charge in [0.1, 0.15) is 5.82 Å². The maximum atomic E-state index is 13.1. The van der Waals surface area contributed by atoms with Crippen molar-refractivity contribution in [1.82, 2.24) is 15.0 Å². The molecular weight excluding hydrogens is 304 g/mol. The van der Waals surface area contributed by atoms with Gasteiger partial charge in [-0.25, -0.2) is 4.39 Å². The summed E-state index contributed by atoms with van der Waals surface area (Å²) in [7, 11) is 0. The Morgan fingerprint density at radius 1 is 1.15 bits per heavy atom. The van der Waals surface area contributed by atoms with Crippen LogP contribution in [0.25, 0.3) is 0 Å². The molecule has 0 fully saturated rings. The van der Waals surface area contributed by atoms with Crippen molar-refractivity contribution in [2.75, 3.05) is 17.2 Å². The SMILES string of the molecule is CCCNc1nc(Cl)nc(Nc2ccc(F)c(Cl)c2)n1. The molecule has 2 N–H and O–H groups in total. The number of hydrogen-bond acceptors (Lipinski definition) is 5. The van der Waals surface area contributed by atoms with Crippen molar-refractivity contribution in [2.24, 2.45) is 0 Å². The summed E-state index contributed by atoms with van der Waals surface area (Å²) < 4.78 is 13.1. The fourth-order valence-corrected chi connectivity index (χ4v) is 1.77. The first-order valence-electron chi connectivity index (χ1n) is 5.96. The standard InChI is InChI=1S/C12H12Cl2FN5/c1-2-5-16-11-18-10(14)19-12(20-11)17-7-3-4-9(15)8(13)6-7/h3-4,6H,2,5H2,1H3,(H2,16,17,18,19,20). The van der Waals surface area contributed by atoms with E-state index in [1.807, 2.05) is 6.92 Å². The van der Waals surface area contributed by atoms with Crippen LogP contribution >= 0.6 is 23.2 Å². The zero-order chi connectivity index (χ0) is 14.5. The van der Waals surface area contributed by atoms with Gasteiger partial charge in [0.05, 0.1) is 5.02 Å². The highest BCUT2D eigenvalue weighted by atomic mass is 35.5. The Labute approximate surface area is 125 Å². The zero-order valence-corrected chi connectivity index (χ0v) is 12.1. The molecule has 0 saturated carbocycles. The van der Waals surface area contributed by atoms with Crippen molar-refractivity contribution in [3.05, 3.63) is 34.3 Å². The van der Waals surface area contributed by atoms with Gasteiger partial charge in [-0.1, -0.05) is 18.5 Å². The number of nitrogens with zero attached hydrogens (tertiary/aromatic N) is 3. The molecule has 1 aromatic heterocycles. The van der Waals surface area contributed by atoms with Crippen molar-refractivity contribution in [3.63, 3.8) is 0 Å². The molecule has 5 nitrogen and oxygen atoms in total. The highest BCUT2D eigenvalue weighted by Gasteiger charge is 2.06. The predicted octanol–water partition coefficient (Wildman–Crippen LogP) is 3.88. The normalized spacial score (nSPS) is 10.4. The van der Waals surface area contributed by atoms with Crippen molar-refractivity contribution in [2.45, 2.75) is 13.3 Å². The molecule has 0 amide bonds. The Bertz CT molecular complexity index is 608. The van der Waals surface area contributed by atoms with Gasteiger partial charge in [0.2, 0.25) is 17.2 Å². The smallest absolute Gasteiger partial charge is 0.233 e. The molecule has 0 aliphatic rings. The van der Waals surface area contributed by atoms with Crippen molar-refractivity contribution in [3.8, 4) is 0 Å². The maximum Gasteiger partial charge on any atom is 0.233 e. The van der Waals surface area contributed by atoms with E-state index in [2.05, 4.69) is 25.6 Å². The fourth-order valence-electron chi connectivity index (χ4n) is 1.42. The number of rotatable bonds is 5. The van der Waals surface area contributed by atoms with E-state index < -0.39 is 5.82 Å². The average molecular weight is 316 g/mol. The molecule has 0 bridgehead atoms. The lowest BCUT2D eigenvalue weighted by molar-refractivity contribution is 0.628. The van der Waals surface area contributed by atoms with Gasteiger partial charge in [0.15, 0.2) is 0 Å². The number of nitrogens with one attached hydrogen (secondary N) is 2. The molecule has 20 heavy (non-hydrogen) atoms. The summed E-state index contributed by atoms with van der Waals surface area (Å²) in [6, 6.07) is 4.22. The van der Waals surface area contributed by atoms with E-state index in [0.717, 1.165) is 13.0 Å². The number of halogens is 3. The average Bonchev–Trinajstić information content (AvgIpc) is 2.40. The molecule has 1 heterocycles. The second-order valence-electron chi connectivity index (χ2n) is 3.93. The van der Waals surface area contributed by atoms with Gasteiger partial charge >= 0.3 is 0 Å². The third-order valence-corrected chi connectivity index (χ3v) is 2.78. The van der Waals surface area contributed by atoms with Gasteiger partial charge in [-0.05, 0) is 36.2 Å². The maximum absolute atomic E-state index is 13.1. The summed E-state index contributed by atoms with van der Waals surface area (Å²) in [5, 5.41) is 5.98. The topological polar surface area (TPSA) is 62.7 Å². The van der Waals surface area contributed by atoms with Gasteiger partial charge in [-0.3, -0.25) is 0 Å². The summed E-state index contributed by atoms with van der Waals surface area (Å²) in [6.45, 7) is 2.75. The molecule has 8 heteroatoms. The van der Waals surface area contributed by atoms with Crippen LogP contribution in [0.1, 0.15) is 13.3 Å². The minimum Gasteiger partial charge on any atom is -0.354 e. The second kappa shape index (κ2) is 6.67. The number of hydrogen-bond donors (Lipinski definition) is 2. The van der Waals surface area contributed by atoms with Gasteiger partial charge in [0, 0.05) is 12.2 Å². The van der Waals surface area contributed by atoms with Crippen LogP contribution in [-0.2, 0) is 0 Å². The first kappa shape index (κ1) is 14.7. The van der Waals surface area contributed by atoms with E-state index in [0.29, 0.717) is 11.6 Å². The minimum absolute atomic E-state index is 0.0134. The van der Waals surface area contributed by atoms with Crippen LogP contribution in [0.5, 0.6) is 0 Å². The van der Waals surface area contributed by atoms with Gasteiger partial charge in [-0.15, -0.1) is 0 Å². The zero-order valence-electron chi connectivity index (χ0n) is 10.6. The summed E-state index contributed by atoms with van der Waals surface area (Å²) in [6.07, 6.45) is 0.930. The summed E-state index contributed by atoms with van der Waals surface area (Å²) >= 11 is 11.5. The van der Waals surface area contributed by atoms with Crippen LogP contribution in [0.2, 0.25) is 10.3 Å². The molecule has 106 valence electrons. The summed E-state index contributed by atoms with van der Waals surface area (Å²) in [5.41, 5.74) is 0.556. The van der Waals surface area contributed by atoms with Crippen LogP contribution in [0, 0.1) is 5.82 Å². The molecule has 1 aromatic carbocycles. The largest absolute Gasteiger partial charge is 0.354 e. The van der Waals surface area contributed by atoms with Crippen LogP contribution in [0.15, 0.2) is 18.2 Å². The number of aromatic nitrogens is 3. The van der Waals surface area contributed by atoms with E-state index in [1.165, 1.54) is 18.2 Å². The van der Waals surface area contributed by atoms with Crippen molar-refractivity contribution in [1.29, 1.82) is 0 Å². The van der Waals surface area contributed by atoms with Gasteiger partial charge in [-0.2, -0.15) is 15.0 Å². The quantitative estimate of drug-likeness (QED) is 0.876.